The van der Waals surface area contributed by atoms with Gasteiger partial charge in [0.15, 0.2) is 0 Å². The standard InChI is InChI=1S/C21H26N4O3/c26-19-8-7-18(20(27)23-19)25-12-17-13(3-1-6-16(17)21(25)28)11-24(14-4-2-5-14)15-9-22-10-15/h1,3,6,14-15,18,22H,2,4-5,7-12H2,(H,23,26,27). The van der Waals surface area contributed by atoms with Crippen LogP contribution in [-0.2, 0) is 22.7 Å². The summed E-state index contributed by atoms with van der Waals surface area (Å²) in [5.41, 5.74) is 2.95. The van der Waals surface area contributed by atoms with Crippen LogP contribution in [0.25, 0.3) is 0 Å². The predicted octanol–water partition coefficient (Wildman–Crippen LogP) is 0.774. The van der Waals surface area contributed by atoms with Gasteiger partial charge in [-0.15, -0.1) is 0 Å². The Morgan fingerprint density at radius 3 is 2.54 bits per heavy atom. The molecule has 1 atom stereocenters. The van der Waals surface area contributed by atoms with Crippen molar-refractivity contribution in [1.29, 1.82) is 0 Å². The molecule has 0 bridgehead atoms. The van der Waals surface area contributed by atoms with E-state index in [0.29, 0.717) is 30.6 Å². The molecule has 4 aliphatic rings. The van der Waals surface area contributed by atoms with Gasteiger partial charge in [-0.1, -0.05) is 18.6 Å². The number of hydrogen-bond donors (Lipinski definition) is 2. The minimum Gasteiger partial charge on any atom is -0.322 e. The van der Waals surface area contributed by atoms with Crippen LogP contribution < -0.4 is 10.6 Å². The van der Waals surface area contributed by atoms with Gasteiger partial charge in [-0.2, -0.15) is 0 Å². The van der Waals surface area contributed by atoms with E-state index >= 15 is 0 Å². The maximum absolute atomic E-state index is 13.0. The number of imide groups is 1. The van der Waals surface area contributed by atoms with Crippen LogP contribution in [0.1, 0.15) is 53.6 Å². The third-order valence-corrected chi connectivity index (χ3v) is 6.80. The van der Waals surface area contributed by atoms with Crippen molar-refractivity contribution in [2.75, 3.05) is 13.1 Å². The Morgan fingerprint density at radius 2 is 1.89 bits per heavy atom. The molecule has 2 N–H and O–H groups in total. The quantitative estimate of drug-likeness (QED) is 0.736. The van der Waals surface area contributed by atoms with Crippen molar-refractivity contribution in [2.45, 2.75) is 63.3 Å². The van der Waals surface area contributed by atoms with Crippen LogP contribution >= 0.6 is 0 Å². The first kappa shape index (κ1) is 17.8. The first-order valence-corrected chi connectivity index (χ1v) is 10.3. The van der Waals surface area contributed by atoms with E-state index in [1.54, 1.807) is 4.90 Å². The maximum atomic E-state index is 13.0. The van der Waals surface area contributed by atoms with Gasteiger partial charge in [0.05, 0.1) is 0 Å². The van der Waals surface area contributed by atoms with E-state index in [-0.39, 0.29) is 24.1 Å². The molecule has 3 fully saturated rings. The summed E-state index contributed by atoms with van der Waals surface area (Å²) in [4.78, 5) is 41.0. The molecule has 0 radical (unpaired) electrons. The number of fused-ring (bicyclic) bond motifs is 1. The Hall–Kier alpha value is -2.25. The van der Waals surface area contributed by atoms with Crippen molar-refractivity contribution in [3.05, 3.63) is 34.9 Å². The largest absolute Gasteiger partial charge is 0.322 e. The van der Waals surface area contributed by atoms with Crippen LogP contribution in [0.2, 0.25) is 0 Å². The fourth-order valence-corrected chi connectivity index (χ4v) is 4.78. The second-order valence-corrected chi connectivity index (χ2v) is 8.41. The summed E-state index contributed by atoms with van der Waals surface area (Å²) < 4.78 is 0. The lowest BCUT2D eigenvalue weighted by Gasteiger charge is -2.46. The highest BCUT2D eigenvalue weighted by atomic mass is 16.2. The summed E-state index contributed by atoms with van der Waals surface area (Å²) in [6.07, 6.45) is 4.50. The van der Waals surface area contributed by atoms with Gasteiger partial charge in [0.1, 0.15) is 6.04 Å². The summed E-state index contributed by atoms with van der Waals surface area (Å²) in [6.45, 7) is 3.38. The molecule has 3 amide bonds. The average Bonchev–Trinajstić information content (AvgIpc) is 2.90. The smallest absolute Gasteiger partial charge is 0.255 e. The van der Waals surface area contributed by atoms with E-state index in [1.165, 1.54) is 24.8 Å². The molecule has 1 aliphatic carbocycles. The van der Waals surface area contributed by atoms with Gasteiger partial charge in [0, 0.05) is 50.2 Å². The molecule has 0 spiro atoms. The first-order chi connectivity index (χ1) is 13.6. The van der Waals surface area contributed by atoms with Gasteiger partial charge >= 0.3 is 0 Å². The lowest BCUT2D eigenvalue weighted by Crippen LogP contribution is -2.60. The van der Waals surface area contributed by atoms with Gasteiger partial charge in [0.25, 0.3) is 5.91 Å². The Bertz CT molecular complexity index is 817. The molecule has 7 nitrogen and oxygen atoms in total. The van der Waals surface area contributed by atoms with Crippen molar-refractivity contribution in [3.8, 4) is 0 Å². The highest BCUT2D eigenvalue weighted by Crippen LogP contribution is 2.33. The summed E-state index contributed by atoms with van der Waals surface area (Å²) in [5, 5.41) is 5.75. The monoisotopic (exact) mass is 382 g/mol. The number of benzene rings is 1. The Labute approximate surface area is 164 Å². The van der Waals surface area contributed by atoms with Gasteiger partial charge in [0.2, 0.25) is 11.8 Å². The number of nitrogens with one attached hydrogen (secondary N) is 2. The summed E-state index contributed by atoms with van der Waals surface area (Å²) >= 11 is 0. The van der Waals surface area contributed by atoms with E-state index in [0.717, 1.165) is 25.2 Å². The third kappa shape index (κ3) is 2.93. The fraction of sp³-hybridized carbons (Fsp3) is 0.571. The summed E-state index contributed by atoms with van der Waals surface area (Å²) in [5.74, 6) is -0.696. The van der Waals surface area contributed by atoms with Crippen molar-refractivity contribution in [3.63, 3.8) is 0 Å². The van der Waals surface area contributed by atoms with Crippen molar-refractivity contribution in [2.24, 2.45) is 0 Å². The van der Waals surface area contributed by atoms with E-state index in [2.05, 4.69) is 21.6 Å². The Kier molecular flexibility index (Phi) is 4.44. The van der Waals surface area contributed by atoms with E-state index in [4.69, 9.17) is 0 Å². The number of piperidine rings is 1. The van der Waals surface area contributed by atoms with E-state index in [1.807, 2.05) is 12.1 Å². The summed E-state index contributed by atoms with van der Waals surface area (Å²) in [7, 11) is 0. The summed E-state index contributed by atoms with van der Waals surface area (Å²) in [6, 6.07) is 6.61. The number of carbonyl (C=O) groups is 3. The zero-order chi connectivity index (χ0) is 19.3. The molecular formula is C21H26N4O3. The molecule has 7 heteroatoms. The van der Waals surface area contributed by atoms with Gasteiger partial charge in [-0.25, -0.2) is 0 Å². The molecule has 28 heavy (non-hydrogen) atoms. The van der Waals surface area contributed by atoms with Crippen LogP contribution in [0.5, 0.6) is 0 Å². The van der Waals surface area contributed by atoms with Crippen LogP contribution in [-0.4, -0.2) is 58.7 Å². The molecular weight excluding hydrogens is 356 g/mol. The first-order valence-electron chi connectivity index (χ1n) is 10.3. The van der Waals surface area contributed by atoms with Gasteiger partial charge in [-0.3, -0.25) is 24.6 Å². The maximum Gasteiger partial charge on any atom is 0.255 e. The Balaban J connectivity index is 1.38. The minimum atomic E-state index is -0.552. The van der Waals surface area contributed by atoms with Gasteiger partial charge in [-0.05, 0) is 36.5 Å². The zero-order valence-electron chi connectivity index (χ0n) is 15.9. The van der Waals surface area contributed by atoms with Crippen LogP contribution in [0.3, 0.4) is 0 Å². The second-order valence-electron chi connectivity index (χ2n) is 8.41. The van der Waals surface area contributed by atoms with Crippen LogP contribution in [0, 0.1) is 0 Å². The molecule has 3 heterocycles. The van der Waals surface area contributed by atoms with Crippen LogP contribution in [0.4, 0.5) is 0 Å². The lowest BCUT2D eigenvalue weighted by atomic mass is 9.88. The molecule has 1 saturated carbocycles. The highest BCUT2D eigenvalue weighted by Gasteiger charge is 2.40. The molecule has 0 aromatic heterocycles. The van der Waals surface area contributed by atoms with Crippen molar-refractivity contribution in [1.82, 2.24) is 20.4 Å². The van der Waals surface area contributed by atoms with Crippen molar-refractivity contribution >= 4 is 17.7 Å². The lowest BCUT2D eigenvalue weighted by molar-refractivity contribution is -0.136. The second kappa shape index (κ2) is 6.97. The normalized spacial score (nSPS) is 25.5. The molecule has 1 unspecified atom stereocenters. The Morgan fingerprint density at radius 1 is 1.07 bits per heavy atom. The molecule has 2 saturated heterocycles. The molecule has 1 aromatic rings. The molecule has 3 aliphatic heterocycles. The highest BCUT2D eigenvalue weighted by molar-refractivity contribution is 6.05. The van der Waals surface area contributed by atoms with Crippen molar-refractivity contribution < 1.29 is 14.4 Å². The van der Waals surface area contributed by atoms with E-state index in [9.17, 15) is 14.4 Å². The van der Waals surface area contributed by atoms with Gasteiger partial charge < -0.3 is 10.2 Å². The average molecular weight is 382 g/mol. The molecule has 148 valence electrons. The minimum absolute atomic E-state index is 0.0909. The van der Waals surface area contributed by atoms with Crippen LogP contribution in [0.15, 0.2) is 18.2 Å². The fourth-order valence-electron chi connectivity index (χ4n) is 4.78. The zero-order valence-corrected chi connectivity index (χ0v) is 15.9. The number of carbonyl (C=O) groups excluding carboxylic acids is 3. The number of rotatable bonds is 5. The number of hydrogen-bond acceptors (Lipinski definition) is 5. The SMILES string of the molecule is O=C1CCC(N2Cc3c(CN(C4CCC4)C4CNC4)cccc3C2=O)C(=O)N1. The topological polar surface area (TPSA) is 81.8 Å². The molecule has 5 rings (SSSR count). The number of amides is 3. The van der Waals surface area contributed by atoms with E-state index < -0.39 is 6.04 Å². The number of nitrogens with zero attached hydrogens (tertiary/aromatic N) is 2. The molecule has 1 aromatic carbocycles. The third-order valence-electron chi connectivity index (χ3n) is 6.80. The predicted molar refractivity (Wildman–Crippen MR) is 102 cm³/mol.